The highest BCUT2D eigenvalue weighted by molar-refractivity contribution is 5.84. The van der Waals surface area contributed by atoms with Crippen LogP contribution in [0.3, 0.4) is 0 Å². The lowest BCUT2D eigenvalue weighted by atomic mass is 10.0. The first kappa shape index (κ1) is 18.7. The predicted molar refractivity (Wildman–Crippen MR) is 95.4 cm³/mol. The van der Waals surface area contributed by atoms with Crippen molar-refractivity contribution in [1.82, 2.24) is 15.1 Å². The summed E-state index contributed by atoms with van der Waals surface area (Å²) >= 11 is 0. The smallest absolute Gasteiger partial charge is 0.330 e. The van der Waals surface area contributed by atoms with E-state index in [1.165, 1.54) is 0 Å². The Balaban J connectivity index is 2.07. The molecule has 1 amide bonds. The number of rotatable bonds is 6. The van der Waals surface area contributed by atoms with Gasteiger partial charge >= 0.3 is 5.97 Å². The maximum atomic E-state index is 12.3. The molecule has 2 aromatic rings. The fourth-order valence-electron chi connectivity index (χ4n) is 2.88. The van der Waals surface area contributed by atoms with Crippen LogP contribution < -0.4 is 5.32 Å². The van der Waals surface area contributed by atoms with Crippen LogP contribution in [0, 0.1) is 27.7 Å². The Morgan fingerprint density at radius 3 is 2.40 bits per heavy atom. The number of benzene rings is 1. The molecular weight excluding hydrogens is 318 g/mol. The minimum atomic E-state index is -1.06. The first-order chi connectivity index (χ1) is 11.7. The quantitative estimate of drug-likeness (QED) is 0.844. The van der Waals surface area contributed by atoms with Crippen LogP contribution in [0.4, 0.5) is 0 Å². The maximum absolute atomic E-state index is 12.3. The van der Waals surface area contributed by atoms with Crippen molar-refractivity contribution >= 4 is 11.9 Å². The van der Waals surface area contributed by atoms with Gasteiger partial charge < -0.3 is 10.4 Å². The third-order valence-electron chi connectivity index (χ3n) is 4.68. The zero-order valence-corrected chi connectivity index (χ0v) is 15.4. The molecule has 0 radical (unpaired) electrons. The number of aliphatic carboxylic acids is 1. The topological polar surface area (TPSA) is 84.2 Å². The largest absolute Gasteiger partial charge is 0.479 e. The average Bonchev–Trinajstić information content (AvgIpc) is 2.78. The lowest BCUT2D eigenvalue weighted by molar-refractivity contribution is -0.142. The van der Waals surface area contributed by atoms with Gasteiger partial charge in [-0.2, -0.15) is 5.10 Å². The number of nitrogens with one attached hydrogen (secondary N) is 1. The van der Waals surface area contributed by atoms with Crippen LogP contribution in [-0.4, -0.2) is 26.8 Å². The van der Waals surface area contributed by atoms with Gasteiger partial charge in [0.05, 0.1) is 5.69 Å². The summed E-state index contributed by atoms with van der Waals surface area (Å²) in [5.41, 5.74) is 5.63. The molecule has 0 aliphatic carbocycles. The second-order valence-electron chi connectivity index (χ2n) is 6.46. The molecule has 6 nitrogen and oxygen atoms in total. The Morgan fingerprint density at radius 2 is 1.88 bits per heavy atom. The molecule has 0 saturated heterocycles. The van der Waals surface area contributed by atoms with Gasteiger partial charge in [-0.05, 0) is 56.4 Å². The minimum absolute atomic E-state index is 0.224. The normalized spacial score (nSPS) is 12.0. The monoisotopic (exact) mass is 343 g/mol. The fourth-order valence-corrected chi connectivity index (χ4v) is 2.88. The summed E-state index contributed by atoms with van der Waals surface area (Å²) < 4.78 is 1.79. The Labute approximate surface area is 147 Å². The molecular formula is C19H25N3O3. The maximum Gasteiger partial charge on any atom is 0.330 e. The second-order valence-corrected chi connectivity index (χ2v) is 6.46. The number of carbonyl (C=O) groups excluding carboxylic acids is 1. The molecule has 0 aliphatic rings. The number of aryl methyl sites for hydroxylation is 4. The van der Waals surface area contributed by atoms with Crippen molar-refractivity contribution in [2.45, 2.75) is 46.6 Å². The van der Waals surface area contributed by atoms with Gasteiger partial charge in [0, 0.05) is 19.2 Å². The van der Waals surface area contributed by atoms with E-state index in [1.807, 2.05) is 46.9 Å². The van der Waals surface area contributed by atoms with Crippen LogP contribution >= 0.6 is 0 Å². The van der Waals surface area contributed by atoms with E-state index in [9.17, 15) is 14.7 Å². The van der Waals surface area contributed by atoms with Crippen LogP contribution in [0.1, 0.15) is 46.1 Å². The third-order valence-corrected chi connectivity index (χ3v) is 4.68. The predicted octanol–water partition coefficient (Wildman–Crippen LogP) is 2.53. The molecule has 134 valence electrons. The van der Waals surface area contributed by atoms with Crippen molar-refractivity contribution in [2.24, 2.45) is 7.05 Å². The molecule has 2 rings (SSSR count). The Kier molecular flexibility index (Phi) is 5.62. The van der Waals surface area contributed by atoms with Gasteiger partial charge in [0.1, 0.15) is 0 Å². The molecule has 0 aliphatic heterocycles. The van der Waals surface area contributed by atoms with Crippen molar-refractivity contribution in [3.05, 3.63) is 51.8 Å². The highest BCUT2D eigenvalue weighted by Gasteiger charge is 2.22. The first-order valence-corrected chi connectivity index (χ1v) is 8.29. The lowest BCUT2D eigenvalue weighted by Crippen LogP contribution is -2.34. The lowest BCUT2D eigenvalue weighted by Gasteiger charge is -2.16. The summed E-state index contributed by atoms with van der Waals surface area (Å²) in [5, 5.41) is 16.4. The highest BCUT2D eigenvalue weighted by Crippen LogP contribution is 2.19. The summed E-state index contributed by atoms with van der Waals surface area (Å²) in [6.07, 6.45) is 0.763. The van der Waals surface area contributed by atoms with Crippen LogP contribution in [0.5, 0.6) is 0 Å². The minimum Gasteiger partial charge on any atom is -0.479 e. The standard InChI is InChI=1S/C19H25N3O3/c1-11-6-7-15(10-12(11)2)18(19(24)25)20-17(23)9-8-16-13(3)21-22(5)14(16)4/h6-7,10,18H,8-9H2,1-5H3,(H,20,23)(H,24,25). The van der Waals surface area contributed by atoms with Gasteiger partial charge in [0.2, 0.25) is 5.91 Å². The number of aromatic nitrogens is 2. The van der Waals surface area contributed by atoms with Crippen LogP contribution in [-0.2, 0) is 23.1 Å². The molecule has 0 fully saturated rings. The Morgan fingerprint density at radius 1 is 1.20 bits per heavy atom. The van der Waals surface area contributed by atoms with E-state index in [1.54, 1.807) is 10.7 Å². The van der Waals surface area contributed by atoms with E-state index < -0.39 is 12.0 Å². The van der Waals surface area contributed by atoms with Gasteiger partial charge in [-0.1, -0.05) is 18.2 Å². The molecule has 1 aromatic heterocycles. The Hall–Kier alpha value is -2.63. The molecule has 0 bridgehead atoms. The molecule has 2 N–H and O–H groups in total. The van der Waals surface area contributed by atoms with E-state index in [0.717, 1.165) is 28.1 Å². The van der Waals surface area contributed by atoms with Gasteiger partial charge in [0.25, 0.3) is 0 Å². The number of amides is 1. The zero-order chi connectivity index (χ0) is 18.7. The molecule has 1 aromatic carbocycles. The van der Waals surface area contributed by atoms with Crippen molar-refractivity contribution in [2.75, 3.05) is 0 Å². The number of carboxylic acids is 1. The molecule has 1 unspecified atom stereocenters. The van der Waals surface area contributed by atoms with E-state index in [0.29, 0.717) is 12.0 Å². The number of nitrogens with zero attached hydrogens (tertiary/aromatic N) is 2. The van der Waals surface area contributed by atoms with Gasteiger partial charge in [-0.3, -0.25) is 9.48 Å². The number of hydrogen-bond acceptors (Lipinski definition) is 3. The van der Waals surface area contributed by atoms with Gasteiger partial charge in [0.15, 0.2) is 6.04 Å². The van der Waals surface area contributed by atoms with Crippen LogP contribution in [0.15, 0.2) is 18.2 Å². The SMILES string of the molecule is Cc1ccc(C(NC(=O)CCc2c(C)nn(C)c2C)C(=O)O)cc1C. The second kappa shape index (κ2) is 7.51. The number of carboxylic acid groups (broad SMARTS) is 1. The van der Waals surface area contributed by atoms with E-state index in [2.05, 4.69) is 10.4 Å². The number of hydrogen-bond donors (Lipinski definition) is 2. The summed E-state index contributed by atoms with van der Waals surface area (Å²) in [6.45, 7) is 7.76. The molecule has 1 atom stereocenters. The third kappa shape index (κ3) is 4.26. The molecule has 1 heterocycles. The van der Waals surface area contributed by atoms with Crippen molar-refractivity contribution in [1.29, 1.82) is 0 Å². The van der Waals surface area contributed by atoms with Gasteiger partial charge in [-0.25, -0.2) is 4.79 Å². The highest BCUT2D eigenvalue weighted by atomic mass is 16.4. The van der Waals surface area contributed by atoms with Crippen molar-refractivity contribution in [3.63, 3.8) is 0 Å². The zero-order valence-electron chi connectivity index (χ0n) is 15.4. The molecule has 6 heteroatoms. The molecule has 0 saturated carbocycles. The van der Waals surface area contributed by atoms with Crippen LogP contribution in [0.2, 0.25) is 0 Å². The van der Waals surface area contributed by atoms with E-state index >= 15 is 0 Å². The number of carbonyl (C=O) groups is 2. The van der Waals surface area contributed by atoms with E-state index in [4.69, 9.17) is 0 Å². The summed E-state index contributed by atoms with van der Waals surface area (Å²) in [6, 6.07) is 4.39. The van der Waals surface area contributed by atoms with Crippen molar-refractivity contribution in [3.8, 4) is 0 Å². The summed E-state index contributed by atoms with van der Waals surface area (Å²) in [4.78, 5) is 23.9. The molecule has 0 spiro atoms. The van der Waals surface area contributed by atoms with Crippen LogP contribution in [0.25, 0.3) is 0 Å². The van der Waals surface area contributed by atoms with Gasteiger partial charge in [-0.15, -0.1) is 0 Å². The average molecular weight is 343 g/mol. The molecule has 25 heavy (non-hydrogen) atoms. The van der Waals surface area contributed by atoms with E-state index in [-0.39, 0.29) is 12.3 Å². The summed E-state index contributed by atoms with van der Waals surface area (Å²) in [7, 11) is 1.87. The summed E-state index contributed by atoms with van der Waals surface area (Å²) in [5.74, 6) is -1.35. The Bertz CT molecular complexity index is 808. The fraction of sp³-hybridized carbons (Fsp3) is 0.421. The first-order valence-electron chi connectivity index (χ1n) is 8.29. The van der Waals surface area contributed by atoms with Crippen molar-refractivity contribution < 1.29 is 14.7 Å².